The molecule has 0 unspecified atom stereocenters. The smallest absolute Gasteiger partial charge is 0.322 e. The molecule has 0 spiro atoms. The number of alkyl halides is 3. The Kier molecular flexibility index (Phi) is 4.33. The van der Waals surface area contributed by atoms with E-state index in [1.807, 2.05) is 0 Å². The van der Waals surface area contributed by atoms with E-state index in [0.717, 1.165) is 12.1 Å². The van der Waals surface area contributed by atoms with Crippen molar-refractivity contribution in [1.29, 1.82) is 5.26 Å². The second-order valence-corrected chi connectivity index (χ2v) is 3.78. The number of nitriles is 1. The van der Waals surface area contributed by atoms with E-state index < -0.39 is 23.2 Å². The van der Waals surface area contributed by atoms with Gasteiger partial charge >= 0.3 is 6.18 Å². The van der Waals surface area contributed by atoms with Crippen LogP contribution in [0.2, 0.25) is 0 Å². The van der Waals surface area contributed by atoms with Gasteiger partial charge in [-0.1, -0.05) is 13.5 Å². The van der Waals surface area contributed by atoms with Crippen LogP contribution in [0, 0.1) is 11.3 Å². The topological polar surface area (TPSA) is 52.9 Å². The Morgan fingerprint density at radius 2 is 2.11 bits per heavy atom. The summed E-state index contributed by atoms with van der Waals surface area (Å²) in [7, 11) is 0. The van der Waals surface area contributed by atoms with E-state index in [0.29, 0.717) is 6.42 Å². The first-order valence-electron chi connectivity index (χ1n) is 5.40. The average molecular weight is 268 g/mol. The summed E-state index contributed by atoms with van der Waals surface area (Å²) in [4.78, 5) is 11.5. The Morgan fingerprint density at radius 1 is 1.47 bits per heavy atom. The Bertz CT molecular complexity index is 556. The van der Waals surface area contributed by atoms with Gasteiger partial charge in [-0.05, 0) is 24.6 Å². The molecule has 19 heavy (non-hydrogen) atoms. The summed E-state index contributed by atoms with van der Waals surface area (Å²) in [5.74, 6) is -0.541. The Hall–Kier alpha value is -2.29. The molecular formula is C13H11F3N2O. The fourth-order valence-corrected chi connectivity index (χ4v) is 1.33. The molecule has 6 heteroatoms. The number of nitrogens with one attached hydrogen (secondary N) is 1. The second-order valence-electron chi connectivity index (χ2n) is 3.78. The van der Waals surface area contributed by atoms with E-state index in [4.69, 9.17) is 5.26 Å². The molecule has 0 radical (unpaired) electrons. The highest BCUT2D eigenvalue weighted by Gasteiger charge is 2.33. The van der Waals surface area contributed by atoms with Gasteiger partial charge in [-0.15, -0.1) is 0 Å². The minimum atomic E-state index is -4.65. The third-order valence-corrected chi connectivity index (χ3v) is 2.45. The Balaban J connectivity index is 3.10. The van der Waals surface area contributed by atoms with Crippen LogP contribution >= 0.6 is 0 Å². The zero-order chi connectivity index (χ0) is 14.6. The number of carbonyl (C=O) groups excluding carboxylic acids is 1. The van der Waals surface area contributed by atoms with Crippen molar-refractivity contribution >= 4 is 11.6 Å². The molecule has 0 saturated carbocycles. The number of halogens is 3. The SMILES string of the molecule is C=C(CC)C(=O)Nc1ccc(C#N)c(C(F)(F)F)c1. The zero-order valence-electron chi connectivity index (χ0n) is 10.1. The summed E-state index contributed by atoms with van der Waals surface area (Å²) in [6.07, 6.45) is -4.25. The molecule has 1 aromatic rings. The van der Waals surface area contributed by atoms with Crippen molar-refractivity contribution in [2.24, 2.45) is 0 Å². The van der Waals surface area contributed by atoms with Gasteiger partial charge < -0.3 is 5.32 Å². The van der Waals surface area contributed by atoms with Crippen LogP contribution in [-0.2, 0) is 11.0 Å². The molecule has 0 saturated heterocycles. The number of amides is 1. The van der Waals surface area contributed by atoms with Gasteiger partial charge in [0.25, 0.3) is 5.91 Å². The van der Waals surface area contributed by atoms with Crippen LogP contribution in [0.4, 0.5) is 18.9 Å². The van der Waals surface area contributed by atoms with Crippen LogP contribution in [0.25, 0.3) is 0 Å². The molecule has 0 aliphatic rings. The zero-order valence-corrected chi connectivity index (χ0v) is 10.1. The van der Waals surface area contributed by atoms with Gasteiger partial charge in [0.1, 0.15) is 0 Å². The molecule has 1 rings (SSSR count). The molecule has 0 aromatic heterocycles. The van der Waals surface area contributed by atoms with E-state index in [9.17, 15) is 18.0 Å². The van der Waals surface area contributed by atoms with Gasteiger partial charge in [0.05, 0.1) is 17.2 Å². The van der Waals surface area contributed by atoms with E-state index in [2.05, 4.69) is 11.9 Å². The molecule has 1 aromatic carbocycles. The van der Waals surface area contributed by atoms with Crippen molar-refractivity contribution in [1.82, 2.24) is 0 Å². The van der Waals surface area contributed by atoms with Crippen molar-refractivity contribution < 1.29 is 18.0 Å². The van der Waals surface area contributed by atoms with Gasteiger partial charge in [0.15, 0.2) is 0 Å². The highest BCUT2D eigenvalue weighted by molar-refractivity contribution is 6.03. The normalized spacial score (nSPS) is 10.7. The number of rotatable bonds is 3. The Morgan fingerprint density at radius 3 is 2.58 bits per heavy atom. The van der Waals surface area contributed by atoms with Gasteiger partial charge in [-0.25, -0.2) is 0 Å². The molecule has 0 aliphatic carbocycles. The van der Waals surface area contributed by atoms with Gasteiger partial charge in [0.2, 0.25) is 0 Å². The predicted octanol–water partition coefficient (Wildman–Crippen LogP) is 3.48. The van der Waals surface area contributed by atoms with Gasteiger partial charge in [-0.2, -0.15) is 18.4 Å². The van der Waals surface area contributed by atoms with Gasteiger partial charge in [0, 0.05) is 11.3 Å². The van der Waals surface area contributed by atoms with Crippen LogP contribution in [0.5, 0.6) is 0 Å². The molecule has 3 nitrogen and oxygen atoms in total. The van der Waals surface area contributed by atoms with E-state index in [1.165, 1.54) is 12.1 Å². The number of benzene rings is 1. The van der Waals surface area contributed by atoms with Gasteiger partial charge in [-0.3, -0.25) is 4.79 Å². The Labute approximate surface area is 108 Å². The van der Waals surface area contributed by atoms with Crippen LogP contribution in [-0.4, -0.2) is 5.91 Å². The summed E-state index contributed by atoms with van der Waals surface area (Å²) in [6, 6.07) is 4.47. The average Bonchev–Trinajstić information content (AvgIpc) is 2.36. The molecule has 1 amide bonds. The van der Waals surface area contributed by atoms with Crippen molar-refractivity contribution in [2.45, 2.75) is 19.5 Å². The minimum absolute atomic E-state index is 0.0223. The summed E-state index contributed by atoms with van der Waals surface area (Å²) in [5, 5.41) is 10.9. The third kappa shape index (κ3) is 3.58. The lowest BCUT2D eigenvalue weighted by Gasteiger charge is -2.12. The van der Waals surface area contributed by atoms with E-state index >= 15 is 0 Å². The maximum atomic E-state index is 12.7. The summed E-state index contributed by atoms with van der Waals surface area (Å²) >= 11 is 0. The number of anilines is 1. The van der Waals surface area contributed by atoms with Crippen LogP contribution < -0.4 is 5.32 Å². The highest BCUT2D eigenvalue weighted by atomic mass is 19.4. The molecule has 0 aliphatic heterocycles. The summed E-state index contributed by atoms with van der Waals surface area (Å²) in [6.45, 7) is 5.20. The molecule has 100 valence electrons. The number of hydrogen-bond donors (Lipinski definition) is 1. The number of hydrogen-bond acceptors (Lipinski definition) is 2. The monoisotopic (exact) mass is 268 g/mol. The largest absolute Gasteiger partial charge is 0.417 e. The molecule has 0 atom stereocenters. The molecule has 0 heterocycles. The van der Waals surface area contributed by atoms with Crippen molar-refractivity contribution in [3.05, 3.63) is 41.5 Å². The molecule has 0 fully saturated rings. The maximum absolute atomic E-state index is 12.7. The van der Waals surface area contributed by atoms with Crippen LogP contribution in [0.15, 0.2) is 30.4 Å². The standard InChI is InChI=1S/C13H11F3N2O/c1-3-8(2)12(19)18-10-5-4-9(7-17)11(6-10)13(14,15)16/h4-6H,2-3H2,1H3,(H,18,19). The minimum Gasteiger partial charge on any atom is -0.322 e. The third-order valence-electron chi connectivity index (χ3n) is 2.45. The first kappa shape index (κ1) is 14.8. The summed E-state index contributed by atoms with van der Waals surface area (Å²) in [5.41, 5.74) is -1.32. The second kappa shape index (κ2) is 5.57. The van der Waals surface area contributed by atoms with Crippen LogP contribution in [0.1, 0.15) is 24.5 Å². The first-order valence-corrected chi connectivity index (χ1v) is 5.40. The van der Waals surface area contributed by atoms with Crippen molar-refractivity contribution in [2.75, 3.05) is 5.32 Å². The lowest BCUT2D eigenvalue weighted by atomic mass is 10.1. The highest BCUT2D eigenvalue weighted by Crippen LogP contribution is 2.33. The molecule has 1 N–H and O–H groups in total. The molecule has 0 bridgehead atoms. The lowest BCUT2D eigenvalue weighted by Crippen LogP contribution is -2.15. The fourth-order valence-electron chi connectivity index (χ4n) is 1.33. The number of carbonyl (C=O) groups is 1. The maximum Gasteiger partial charge on any atom is 0.417 e. The van der Waals surface area contributed by atoms with Crippen LogP contribution in [0.3, 0.4) is 0 Å². The van der Waals surface area contributed by atoms with E-state index in [-0.39, 0.29) is 11.3 Å². The van der Waals surface area contributed by atoms with Crippen molar-refractivity contribution in [3.8, 4) is 6.07 Å². The summed E-state index contributed by atoms with van der Waals surface area (Å²) < 4.78 is 38.1. The van der Waals surface area contributed by atoms with E-state index in [1.54, 1.807) is 6.92 Å². The fraction of sp³-hybridized carbons (Fsp3) is 0.231. The molecular weight excluding hydrogens is 257 g/mol. The predicted molar refractivity (Wildman–Crippen MR) is 64.2 cm³/mol. The quantitative estimate of drug-likeness (QED) is 0.853. The number of nitrogens with zero attached hydrogens (tertiary/aromatic N) is 1. The van der Waals surface area contributed by atoms with Crippen molar-refractivity contribution in [3.63, 3.8) is 0 Å². The first-order chi connectivity index (χ1) is 8.79. The lowest BCUT2D eigenvalue weighted by molar-refractivity contribution is -0.137.